The molecule has 0 spiro atoms. The summed E-state index contributed by atoms with van der Waals surface area (Å²) >= 11 is 0. The summed E-state index contributed by atoms with van der Waals surface area (Å²) in [6.07, 6.45) is 9.33. The first kappa shape index (κ1) is 29.2. The van der Waals surface area contributed by atoms with Crippen molar-refractivity contribution in [3.05, 3.63) is 59.7 Å². The number of benzene rings is 2. The van der Waals surface area contributed by atoms with Crippen LogP contribution in [0.3, 0.4) is 0 Å². The lowest BCUT2D eigenvalue weighted by Crippen LogP contribution is -2.55. The monoisotopic (exact) mass is 573 g/mol. The number of hydrogen-bond acceptors (Lipinski definition) is 5. The Hall–Kier alpha value is -2.90. The van der Waals surface area contributed by atoms with E-state index in [1.54, 1.807) is 0 Å². The van der Waals surface area contributed by atoms with Gasteiger partial charge in [-0.1, -0.05) is 74.7 Å². The smallest absolute Gasteiger partial charge is 0.407 e. The molecule has 0 radical (unpaired) electrons. The van der Waals surface area contributed by atoms with Gasteiger partial charge in [-0.05, 0) is 73.2 Å². The van der Waals surface area contributed by atoms with Gasteiger partial charge in [0.15, 0.2) is 0 Å². The number of amides is 2. The highest BCUT2D eigenvalue weighted by atomic mass is 16.5. The minimum Gasteiger partial charge on any atom is -0.449 e. The number of piperidine rings is 2. The van der Waals surface area contributed by atoms with E-state index in [-0.39, 0.29) is 30.5 Å². The summed E-state index contributed by atoms with van der Waals surface area (Å²) < 4.78 is 12.3. The quantitative estimate of drug-likeness (QED) is 0.422. The van der Waals surface area contributed by atoms with E-state index < -0.39 is 12.1 Å². The Kier molecular flexibility index (Phi) is 9.45. The molecule has 2 aromatic carbocycles. The van der Waals surface area contributed by atoms with Gasteiger partial charge in [0.1, 0.15) is 12.6 Å². The maximum absolute atomic E-state index is 13.9. The Labute approximate surface area is 250 Å². The second-order valence-corrected chi connectivity index (χ2v) is 12.6. The van der Waals surface area contributed by atoms with Crippen molar-refractivity contribution in [2.24, 2.45) is 5.92 Å². The lowest BCUT2D eigenvalue weighted by molar-refractivity contribution is -0.139. The molecule has 1 saturated carbocycles. The minimum atomic E-state index is -0.531. The Morgan fingerprint density at radius 2 is 1.38 bits per heavy atom. The maximum Gasteiger partial charge on any atom is 0.407 e. The van der Waals surface area contributed by atoms with Gasteiger partial charge in [-0.3, -0.25) is 4.79 Å². The van der Waals surface area contributed by atoms with Gasteiger partial charge in [0, 0.05) is 32.1 Å². The van der Waals surface area contributed by atoms with Gasteiger partial charge in [0.25, 0.3) is 0 Å². The summed E-state index contributed by atoms with van der Waals surface area (Å²) in [5.41, 5.74) is 4.78. The number of fused-ring (bicyclic) bond motifs is 3. The van der Waals surface area contributed by atoms with Gasteiger partial charge in [0.2, 0.25) is 5.91 Å². The molecule has 2 heterocycles. The van der Waals surface area contributed by atoms with E-state index in [0.717, 1.165) is 71.0 Å². The molecule has 42 heavy (non-hydrogen) atoms. The number of nitrogens with zero attached hydrogens (tertiary/aromatic N) is 2. The largest absolute Gasteiger partial charge is 0.449 e. The van der Waals surface area contributed by atoms with Crippen LogP contribution >= 0.6 is 0 Å². The Morgan fingerprint density at radius 1 is 0.810 bits per heavy atom. The first-order valence-corrected chi connectivity index (χ1v) is 16.4. The highest BCUT2D eigenvalue weighted by molar-refractivity contribution is 5.86. The van der Waals surface area contributed by atoms with Crippen molar-refractivity contribution in [1.82, 2.24) is 15.1 Å². The van der Waals surface area contributed by atoms with Crippen LogP contribution in [0.4, 0.5) is 4.79 Å². The molecule has 7 heteroatoms. The van der Waals surface area contributed by atoms with Gasteiger partial charge in [-0.2, -0.15) is 0 Å². The molecule has 2 aliphatic carbocycles. The molecule has 226 valence electrons. The number of likely N-dealkylation sites (tertiary alicyclic amines) is 2. The summed E-state index contributed by atoms with van der Waals surface area (Å²) in [5.74, 6) is 0.204. The van der Waals surface area contributed by atoms with E-state index in [1.807, 2.05) is 17.0 Å². The topological polar surface area (TPSA) is 71.1 Å². The van der Waals surface area contributed by atoms with Crippen LogP contribution in [-0.2, 0) is 14.3 Å². The molecule has 2 aliphatic heterocycles. The fourth-order valence-electron chi connectivity index (χ4n) is 7.66. The van der Waals surface area contributed by atoms with Crippen molar-refractivity contribution in [3.63, 3.8) is 0 Å². The van der Waals surface area contributed by atoms with Crippen LogP contribution in [0.2, 0.25) is 0 Å². The first-order valence-electron chi connectivity index (χ1n) is 16.4. The average Bonchev–Trinajstić information content (AvgIpc) is 3.37. The zero-order valence-corrected chi connectivity index (χ0v) is 25.1. The fraction of sp³-hybridized carbons (Fsp3) is 0.600. The highest BCUT2D eigenvalue weighted by Crippen LogP contribution is 2.44. The van der Waals surface area contributed by atoms with Crippen molar-refractivity contribution in [2.75, 3.05) is 39.3 Å². The number of alkyl carbamates (subject to hydrolysis) is 1. The molecule has 0 bridgehead atoms. The highest BCUT2D eigenvalue weighted by Gasteiger charge is 2.37. The molecule has 3 fully saturated rings. The van der Waals surface area contributed by atoms with Crippen LogP contribution in [0.5, 0.6) is 0 Å². The molecule has 2 amide bonds. The molecular weight excluding hydrogens is 526 g/mol. The third kappa shape index (κ3) is 6.52. The molecule has 2 saturated heterocycles. The Morgan fingerprint density at radius 3 is 1.98 bits per heavy atom. The number of hydrogen-bond donors (Lipinski definition) is 1. The fourth-order valence-corrected chi connectivity index (χ4v) is 7.66. The number of rotatable bonds is 8. The minimum absolute atomic E-state index is 0.000204. The van der Waals surface area contributed by atoms with Crippen LogP contribution in [0.1, 0.15) is 81.8 Å². The van der Waals surface area contributed by atoms with Crippen LogP contribution < -0.4 is 5.32 Å². The number of ether oxygens (including phenoxy) is 2. The van der Waals surface area contributed by atoms with E-state index in [2.05, 4.69) is 53.5 Å². The predicted octanol–water partition coefficient (Wildman–Crippen LogP) is 5.97. The summed E-state index contributed by atoms with van der Waals surface area (Å²) in [5, 5.41) is 3.05. The lowest BCUT2D eigenvalue weighted by atomic mass is 9.83. The second kappa shape index (κ2) is 13.6. The number of carbonyl (C=O) groups excluding carboxylic acids is 2. The van der Waals surface area contributed by atoms with E-state index in [1.165, 1.54) is 28.7 Å². The van der Waals surface area contributed by atoms with Crippen molar-refractivity contribution in [3.8, 4) is 11.1 Å². The molecule has 1 N–H and O–H groups in total. The van der Waals surface area contributed by atoms with E-state index in [9.17, 15) is 9.59 Å². The summed E-state index contributed by atoms with van der Waals surface area (Å²) in [7, 11) is 0. The van der Waals surface area contributed by atoms with Gasteiger partial charge in [0.05, 0.1) is 12.2 Å². The molecule has 1 atom stereocenters. The SMILES string of the molecule is CCN1CCC(OC2CCN(C(=O)C(NC(=O)OCC3c4ccccc4-c4ccccc43)C3CCCCC3)CC2)CC1. The average molecular weight is 574 g/mol. The Bertz CT molecular complexity index is 1170. The van der Waals surface area contributed by atoms with Crippen molar-refractivity contribution >= 4 is 12.0 Å². The van der Waals surface area contributed by atoms with Crippen molar-refractivity contribution in [2.45, 2.75) is 88.9 Å². The van der Waals surface area contributed by atoms with Crippen molar-refractivity contribution in [1.29, 1.82) is 0 Å². The van der Waals surface area contributed by atoms with E-state index >= 15 is 0 Å². The Balaban J connectivity index is 1.05. The zero-order chi connectivity index (χ0) is 28.9. The van der Waals surface area contributed by atoms with Gasteiger partial charge < -0.3 is 24.6 Å². The standard InChI is InChI=1S/C35H47N3O4/c1-2-37-20-16-26(17-21-37)42-27-18-22-38(23-19-27)34(39)33(25-10-4-3-5-11-25)36-35(40)41-24-32-30-14-8-6-12-28(30)29-13-7-9-15-31(29)32/h6-9,12-15,25-27,32-33H,2-5,10-11,16-24H2,1H3,(H,36,40). The maximum atomic E-state index is 13.9. The summed E-state index contributed by atoms with van der Waals surface area (Å²) in [6, 6.07) is 16.2. The zero-order valence-electron chi connectivity index (χ0n) is 25.1. The molecule has 0 aromatic heterocycles. The lowest BCUT2D eigenvalue weighted by Gasteiger charge is -2.39. The summed E-state index contributed by atoms with van der Waals surface area (Å²) in [4.78, 5) is 31.6. The first-order chi connectivity index (χ1) is 20.6. The van der Waals surface area contributed by atoms with E-state index in [4.69, 9.17) is 9.47 Å². The third-order valence-electron chi connectivity index (χ3n) is 10.1. The number of carbonyl (C=O) groups is 2. The van der Waals surface area contributed by atoms with Crippen LogP contribution in [-0.4, -0.2) is 79.4 Å². The normalized spacial score (nSPS) is 21.5. The molecule has 6 rings (SSSR count). The van der Waals surface area contributed by atoms with Crippen LogP contribution in [0.15, 0.2) is 48.5 Å². The van der Waals surface area contributed by atoms with Crippen molar-refractivity contribution < 1.29 is 19.1 Å². The number of nitrogens with one attached hydrogen (secondary N) is 1. The van der Waals surface area contributed by atoms with Gasteiger partial charge >= 0.3 is 6.09 Å². The molecule has 4 aliphatic rings. The predicted molar refractivity (Wildman–Crippen MR) is 164 cm³/mol. The third-order valence-corrected chi connectivity index (χ3v) is 10.1. The van der Waals surface area contributed by atoms with E-state index in [0.29, 0.717) is 19.2 Å². The van der Waals surface area contributed by atoms with Gasteiger partial charge in [-0.15, -0.1) is 0 Å². The van der Waals surface area contributed by atoms with Gasteiger partial charge in [-0.25, -0.2) is 4.79 Å². The molecule has 2 aromatic rings. The second-order valence-electron chi connectivity index (χ2n) is 12.6. The molecular formula is C35H47N3O4. The van der Waals surface area contributed by atoms with Crippen LogP contribution in [0, 0.1) is 5.92 Å². The molecule has 7 nitrogen and oxygen atoms in total. The molecule has 1 unspecified atom stereocenters. The summed E-state index contributed by atoms with van der Waals surface area (Å²) in [6.45, 7) is 7.19. The van der Waals surface area contributed by atoms with Crippen LogP contribution in [0.25, 0.3) is 11.1 Å².